The highest BCUT2D eigenvalue weighted by Gasteiger charge is 2.65. The quantitative estimate of drug-likeness (QED) is 0.161. The summed E-state index contributed by atoms with van der Waals surface area (Å²) in [5.74, 6) is -4.11. The largest absolute Gasteiger partial charge is 0.497 e. The number of benzene rings is 3. The number of alkyl halides is 6. The molecule has 0 aliphatic carbocycles. The van der Waals surface area contributed by atoms with Crippen LogP contribution in [0.15, 0.2) is 59.1 Å². The lowest BCUT2D eigenvalue weighted by Gasteiger charge is -2.42. The van der Waals surface area contributed by atoms with Gasteiger partial charge in [-0.1, -0.05) is 24.3 Å². The Morgan fingerprint density at radius 2 is 1.48 bits per heavy atom. The summed E-state index contributed by atoms with van der Waals surface area (Å²) in [7, 11) is 2.91. The number of aromatic nitrogens is 1. The smallest absolute Gasteiger partial charge is 0.427 e. The Hall–Kier alpha value is -5.33. The molecule has 0 unspecified atom stereocenters. The highest BCUT2D eigenvalue weighted by atomic mass is 79.9. The first-order chi connectivity index (χ1) is 28.5. The van der Waals surface area contributed by atoms with Crippen molar-refractivity contribution < 1.29 is 63.7 Å². The molecule has 10 nitrogen and oxygen atoms in total. The Bertz CT molecular complexity index is 2310. The number of likely N-dealkylation sites (tertiary alicyclic amines) is 1. The molecule has 3 aromatic carbocycles. The average Bonchev–Trinajstić information content (AvgIpc) is 3.74. The third-order valence-electron chi connectivity index (χ3n) is 10.8. The Labute approximate surface area is 353 Å². The number of rotatable bonds is 8. The molecule has 2 bridgehead atoms. The van der Waals surface area contributed by atoms with E-state index in [1.54, 1.807) is 69.3 Å². The minimum atomic E-state index is -5.35. The van der Waals surface area contributed by atoms with E-state index in [-0.39, 0.29) is 26.1 Å². The van der Waals surface area contributed by atoms with Crippen LogP contribution in [0.4, 0.5) is 45.6 Å². The van der Waals surface area contributed by atoms with Crippen LogP contribution in [-0.2, 0) is 24.0 Å². The lowest BCUT2D eigenvalue weighted by Crippen LogP contribution is -2.63. The summed E-state index contributed by atoms with van der Waals surface area (Å²) < 4.78 is 144. The van der Waals surface area contributed by atoms with Crippen LogP contribution in [-0.4, -0.2) is 83.6 Å². The fraction of sp³-hybridized carbons (Fsp3) is 0.405. The van der Waals surface area contributed by atoms with Gasteiger partial charge >= 0.3 is 18.4 Å². The van der Waals surface area contributed by atoms with E-state index in [0.717, 1.165) is 22.8 Å². The summed E-state index contributed by atoms with van der Waals surface area (Å²) in [6, 6.07) is 9.82. The molecule has 4 atom stereocenters. The molecule has 61 heavy (non-hydrogen) atoms. The van der Waals surface area contributed by atoms with Crippen molar-refractivity contribution in [1.82, 2.24) is 14.8 Å². The summed E-state index contributed by atoms with van der Waals surface area (Å²) in [4.78, 5) is 34.7. The van der Waals surface area contributed by atoms with Crippen molar-refractivity contribution in [2.45, 2.75) is 89.4 Å². The molecule has 3 aliphatic heterocycles. The summed E-state index contributed by atoms with van der Waals surface area (Å²) in [5.41, 5.74) is -5.88. The molecule has 4 aromatic rings. The molecule has 0 radical (unpaired) electrons. The molecule has 2 amide bonds. The zero-order chi connectivity index (χ0) is 44.5. The second-order valence-electron chi connectivity index (χ2n) is 15.9. The van der Waals surface area contributed by atoms with Crippen LogP contribution in [0.5, 0.6) is 17.4 Å². The minimum Gasteiger partial charge on any atom is -0.497 e. The Morgan fingerprint density at radius 3 is 1.97 bits per heavy atom. The van der Waals surface area contributed by atoms with E-state index in [1.165, 1.54) is 19.1 Å². The number of pyridine rings is 1. The highest BCUT2D eigenvalue weighted by Crippen LogP contribution is 2.50. The number of carbonyl (C=O) groups excluding carboxylic acids is 2. The third kappa shape index (κ3) is 8.24. The first kappa shape index (κ1) is 43.7. The molecule has 326 valence electrons. The topological polar surface area (TPSA) is 93.7 Å². The van der Waals surface area contributed by atoms with Crippen LogP contribution in [0.25, 0.3) is 11.3 Å². The SMILES string of the molecule is COc1ccc(CN(Cc2ccc(OC)cc2)c2cc(-c3nc4c(c(Br)c3F)C(=O)N3[C@H]5C[C@@H]([C@@H]3[C@@H](C(F)(F)F)O4)N(C(=O)OC(C)(C)C)C5)c(C(F)(F)F)c(C)c2F)cc1. The lowest BCUT2D eigenvalue weighted by atomic mass is 9.95. The second kappa shape index (κ2) is 15.9. The van der Waals surface area contributed by atoms with Gasteiger partial charge in [-0.05, 0) is 97.1 Å². The number of anilines is 1. The second-order valence-corrected chi connectivity index (χ2v) is 16.7. The van der Waals surface area contributed by atoms with Crippen LogP contribution in [0.2, 0.25) is 0 Å². The van der Waals surface area contributed by atoms with Gasteiger partial charge in [0, 0.05) is 25.2 Å². The summed E-state index contributed by atoms with van der Waals surface area (Å²) >= 11 is 2.95. The molecule has 7 rings (SSSR count). The fourth-order valence-corrected chi connectivity index (χ4v) is 8.73. The minimum absolute atomic E-state index is 0.0807. The van der Waals surface area contributed by atoms with E-state index in [2.05, 4.69) is 20.9 Å². The van der Waals surface area contributed by atoms with Gasteiger partial charge in [0.05, 0.1) is 48.1 Å². The van der Waals surface area contributed by atoms with Crippen molar-refractivity contribution in [3.05, 3.63) is 98.5 Å². The van der Waals surface area contributed by atoms with Crippen molar-refractivity contribution in [1.29, 1.82) is 0 Å². The number of fused-ring (bicyclic) bond motifs is 6. The van der Waals surface area contributed by atoms with Gasteiger partial charge in [-0.25, -0.2) is 18.6 Å². The van der Waals surface area contributed by atoms with E-state index in [9.17, 15) is 9.59 Å². The average molecular weight is 928 g/mol. The molecule has 1 aromatic heterocycles. The van der Waals surface area contributed by atoms with E-state index in [1.807, 2.05) is 0 Å². The summed E-state index contributed by atoms with van der Waals surface area (Å²) in [6.07, 6.45) is -14.5. The number of hydrogen-bond donors (Lipinski definition) is 0. The molecular formula is C42H39BrF8N4O6. The van der Waals surface area contributed by atoms with E-state index < -0.39 is 110 Å². The van der Waals surface area contributed by atoms with Gasteiger partial charge in [0.15, 0.2) is 5.82 Å². The number of piperazine rings is 1. The van der Waals surface area contributed by atoms with Gasteiger partial charge in [0.2, 0.25) is 12.0 Å². The molecule has 4 heterocycles. The van der Waals surface area contributed by atoms with Crippen molar-refractivity contribution in [2.75, 3.05) is 25.7 Å². The first-order valence-corrected chi connectivity index (χ1v) is 19.7. The number of nitrogens with zero attached hydrogens (tertiary/aromatic N) is 4. The van der Waals surface area contributed by atoms with Crippen LogP contribution in [0.1, 0.15) is 59.8 Å². The maximum Gasteiger partial charge on any atom is 0.427 e. The predicted molar refractivity (Wildman–Crippen MR) is 208 cm³/mol. The zero-order valence-corrected chi connectivity index (χ0v) is 35.1. The third-order valence-corrected chi connectivity index (χ3v) is 11.6. The normalized spacial score (nSPS) is 19.9. The molecule has 19 heteroatoms. The molecule has 0 N–H and O–H groups in total. The van der Waals surface area contributed by atoms with Crippen LogP contribution >= 0.6 is 15.9 Å². The van der Waals surface area contributed by atoms with Crippen molar-refractivity contribution >= 4 is 33.6 Å². The number of hydrogen-bond acceptors (Lipinski definition) is 8. The van der Waals surface area contributed by atoms with Gasteiger partial charge in [0.25, 0.3) is 5.91 Å². The molecule has 2 fully saturated rings. The predicted octanol–water partition coefficient (Wildman–Crippen LogP) is 9.87. The monoisotopic (exact) mass is 926 g/mol. The molecule has 0 spiro atoms. The van der Waals surface area contributed by atoms with Gasteiger partial charge in [-0.15, -0.1) is 0 Å². The van der Waals surface area contributed by atoms with Gasteiger partial charge in [-0.2, -0.15) is 26.3 Å². The molecule has 3 aliphatic rings. The molecular weight excluding hydrogens is 888 g/mol. The maximum atomic E-state index is 16.8. The van der Waals surface area contributed by atoms with Crippen LogP contribution in [0.3, 0.4) is 0 Å². The molecule has 2 saturated heterocycles. The number of halogens is 9. The first-order valence-electron chi connectivity index (χ1n) is 18.9. The van der Waals surface area contributed by atoms with E-state index in [0.29, 0.717) is 22.6 Å². The molecule has 0 saturated carbocycles. The highest BCUT2D eigenvalue weighted by molar-refractivity contribution is 9.10. The van der Waals surface area contributed by atoms with E-state index in [4.69, 9.17) is 18.9 Å². The lowest BCUT2D eigenvalue weighted by molar-refractivity contribution is -0.214. The zero-order valence-electron chi connectivity index (χ0n) is 33.5. The Kier molecular flexibility index (Phi) is 11.4. The standard InChI is InChI=1S/C42H39BrF8N4O6/c1-20-30(41(46,47)48)26(16-27(32(20)44)53(17-21-7-11-24(58-5)12-8-21)18-22-9-13-25(59-6)14-10-22)34-33(45)31(43)29-37(52-34)60-36(42(49,50)51)35-28-15-23(55(35)38(29)56)19-54(28)39(57)61-40(2,3)4/h7-14,16,23,28,35-36H,15,17-19H2,1-6H3/t23-,28-,35+,36-/m0/s1. The number of methoxy groups -OCH3 is 2. The Morgan fingerprint density at radius 1 is 0.918 bits per heavy atom. The number of ether oxygens (including phenoxy) is 4. The van der Waals surface area contributed by atoms with Gasteiger partial charge in [0.1, 0.15) is 34.2 Å². The van der Waals surface area contributed by atoms with Crippen molar-refractivity contribution in [2.24, 2.45) is 0 Å². The Balaban J connectivity index is 1.38. The van der Waals surface area contributed by atoms with Crippen molar-refractivity contribution in [3.63, 3.8) is 0 Å². The number of carbonyl (C=O) groups is 2. The maximum absolute atomic E-state index is 16.8. The summed E-state index contributed by atoms with van der Waals surface area (Å²) in [5, 5.41) is 0. The fourth-order valence-electron chi connectivity index (χ4n) is 8.21. The van der Waals surface area contributed by atoms with Gasteiger partial charge in [-0.3, -0.25) is 4.79 Å². The van der Waals surface area contributed by atoms with Gasteiger partial charge < -0.3 is 33.6 Å². The van der Waals surface area contributed by atoms with E-state index >= 15 is 35.1 Å². The van der Waals surface area contributed by atoms with Crippen LogP contribution < -0.4 is 19.1 Å². The van der Waals surface area contributed by atoms with Crippen molar-refractivity contribution in [3.8, 4) is 28.6 Å². The summed E-state index contributed by atoms with van der Waals surface area (Å²) in [6.45, 7) is 5.18. The van der Waals surface area contributed by atoms with Crippen LogP contribution in [0, 0.1) is 18.6 Å². The number of amides is 2.